The van der Waals surface area contributed by atoms with Gasteiger partial charge in [-0.15, -0.1) is 0 Å². The van der Waals surface area contributed by atoms with Gasteiger partial charge in [0.25, 0.3) is 0 Å². The highest BCUT2D eigenvalue weighted by molar-refractivity contribution is 7.89. The van der Waals surface area contributed by atoms with Gasteiger partial charge in [0.15, 0.2) is 0 Å². The average molecular weight is 326 g/mol. The standard InChI is InChI=1S/C16H26N2O3S/c1-12(2)15-10-18(11-16(15)17(3)4)22(19,20)14-8-6-7-13(9-14)21-5/h6-9,12,15-16H,10-11H2,1-5H3/t15-,16+/m0/s1. The summed E-state index contributed by atoms with van der Waals surface area (Å²) >= 11 is 0. The molecule has 1 heterocycles. The summed E-state index contributed by atoms with van der Waals surface area (Å²) in [6, 6.07) is 6.93. The van der Waals surface area contributed by atoms with Gasteiger partial charge in [0.05, 0.1) is 12.0 Å². The second-order valence-corrected chi connectivity index (χ2v) is 8.38. The summed E-state index contributed by atoms with van der Waals surface area (Å²) in [5, 5.41) is 0. The van der Waals surface area contributed by atoms with Gasteiger partial charge in [-0.25, -0.2) is 8.42 Å². The van der Waals surface area contributed by atoms with Crippen LogP contribution in [-0.4, -0.2) is 58.0 Å². The van der Waals surface area contributed by atoms with E-state index in [1.807, 2.05) is 14.1 Å². The molecule has 1 aliphatic heterocycles. The molecule has 2 atom stereocenters. The van der Waals surface area contributed by atoms with Gasteiger partial charge in [-0.2, -0.15) is 4.31 Å². The van der Waals surface area contributed by atoms with Gasteiger partial charge in [-0.05, 0) is 38.1 Å². The van der Waals surface area contributed by atoms with Crippen molar-refractivity contribution in [1.82, 2.24) is 9.21 Å². The molecule has 22 heavy (non-hydrogen) atoms. The fourth-order valence-corrected chi connectivity index (χ4v) is 4.61. The Morgan fingerprint density at radius 3 is 2.45 bits per heavy atom. The monoisotopic (exact) mass is 326 g/mol. The zero-order valence-corrected chi connectivity index (χ0v) is 14.8. The van der Waals surface area contributed by atoms with Gasteiger partial charge in [0, 0.05) is 25.2 Å². The summed E-state index contributed by atoms with van der Waals surface area (Å²) in [6.07, 6.45) is 0. The Labute approximate surface area is 133 Å². The largest absolute Gasteiger partial charge is 0.497 e. The Morgan fingerprint density at radius 2 is 1.95 bits per heavy atom. The minimum atomic E-state index is -3.48. The molecular weight excluding hydrogens is 300 g/mol. The summed E-state index contributed by atoms with van der Waals surface area (Å²) in [4.78, 5) is 2.43. The molecule has 0 spiro atoms. The summed E-state index contributed by atoms with van der Waals surface area (Å²) in [6.45, 7) is 5.42. The quantitative estimate of drug-likeness (QED) is 0.829. The molecule has 1 fully saturated rings. The molecule has 1 aromatic carbocycles. The SMILES string of the molecule is COc1cccc(S(=O)(=O)N2C[C@@H](N(C)C)[C@H](C(C)C)C2)c1. The molecule has 5 nitrogen and oxygen atoms in total. The van der Waals surface area contributed by atoms with Gasteiger partial charge in [-0.3, -0.25) is 0 Å². The number of likely N-dealkylation sites (N-methyl/N-ethyl adjacent to an activating group) is 1. The maximum Gasteiger partial charge on any atom is 0.243 e. The van der Waals surface area contributed by atoms with E-state index < -0.39 is 10.0 Å². The number of nitrogens with zero attached hydrogens (tertiary/aromatic N) is 2. The first-order chi connectivity index (χ1) is 10.3. The second kappa shape index (κ2) is 6.56. The van der Waals surface area contributed by atoms with Crippen molar-refractivity contribution in [3.05, 3.63) is 24.3 Å². The van der Waals surface area contributed by atoms with E-state index in [1.54, 1.807) is 35.7 Å². The van der Waals surface area contributed by atoms with Crippen LogP contribution >= 0.6 is 0 Å². The van der Waals surface area contributed by atoms with E-state index in [2.05, 4.69) is 18.7 Å². The molecule has 0 bridgehead atoms. The molecule has 124 valence electrons. The Balaban J connectivity index is 2.30. The molecule has 6 heteroatoms. The molecule has 0 amide bonds. The highest BCUT2D eigenvalue weighted by Gasteiger charge is 2.41. The van der Waals surface area contributed by atoms with Crippen LogP contribution in [0, 0.1) is 11.8 Å². The van der Waals surface area contributed by atoms with E-state index in [0.29, 0.717) is 35.6 Å². The first-order valence-corrected chi connectivity index (χ1v) is 9.02. The number of hydrogen-bond acceptors (Lipinski definition) is 4. The Bertz CT molecular complexity index is 598. The number of methoxy groups -OCH3 is 1. The molecule has 1 aliphatic rings. The lowest BCUT2D eigenvalue weighted by Crippen LogP contribution is -2.37. The lowest BCUT2D eigenvalue weighted by atomic mass is 9.91. The van der Waals surface area contributed by atoms with E-state index in [-0.39, 0.29) is 6.04 Å². The van der Waals surface area contributed by atoms with Crippen LogP contribution in [0.25, 0.3) is 0 Å². The van der Waals surface area contributed by atoms with Crippen LogP contribution in [0.3, 0.4) is 0 Å². The van der Waals surface area contributed by atoms with Gasteiger partial charge in [0.2, 0.25) is 10.0 Å². The second-order valence-electron chi connectivity index (χ2n) is 6.44. The molecule has 0 N–H and O–H groups in total. The van der Waals surface area contributed by atoms with Crippen LogP contribution in [0.2, 0.25) is 0 Å². The van der Waals surface area contributed by atoms with E-state index >= 15 is 0 Å². The summed E-state index contributed by atoms with van der Waals surface area (Å²) in [5.74, 6) is 1.35. The number of hydrogen-bond donors (Lipinski definition) is 0. The molecule has 1 saturated heterocycles. The van der Waals surface area contributed by atoms with Crippen molar-refractivity contribution < 1.29 is 13.2 Å². The number of rotatable bonds is 5. The van der Waals surface area contributed by atoms with Crippen LogP contribution in [-0.2, 0) is 10.0 Å². The maximum atomic E-state index is 12.9. The third kappa shape index (κ3) is 3.29. The van der Waals surface area contributed by atoms with E-state index in [4.69, 9.17) is 4.74 Å². The van der Waals surface area contributed by atoms with E-state index in [1.165, 1.54) is 0 Å². The number of sulfonamides is 1. The molecule has 0 saturated carbocycles. The summed E-state index contributed by atoms with van der Waals surface area (Å²) in [7, 11) is 2.09. The Hall–Kier alpha value is -1.11. The predicted octanol–water partition coefficient (Wildman–Crippen LogP) is 1.90. The van der Waals surface area contributed by atoms with Crippen molar-refractivity contribution in [1.29, 1.82) is 0 Å². The highest BCUT2D eigenvalue weighted by Crippen LogP contribution is 2.31. The van der Waals surface area contributed by atoms with Crippen LogP contribution in [0.4, 0.5) is 0 Å². The van der Waals surface area contributed by atoms with Crippen molar-refractivity contribution in [3.63, 3.8) is 0 Å². The Kier molecular flexibility index (Phi) is 5.14. The molecule has 0 aliphatic carbocycles. The van der Waals surface area contributed by atoms with Crippen LogP contribution < -0.4 is 4.74 Å². The molecular formula is C16H26N2O3S. The normalized spacial score (nSPS) is 23.4. The zero-order valence-electron chi connectivity index (χ0n) is 14.0. The van der Waals surface area contributed by atoms with Crippen LogP contribution in [0.1, 0.15) is 13.8 Å². The number of benzene rings is 1. The average Bonchev–Trinajstić information content (AvgIpc) is 2.93. The minimum absolute atomic E-state index is 0.250. The first-order valence-electron chi connectivity index (χ1n) is 7.58. The Morgan fingerprint density at radius 1 is 1.27 bits per heavy atom. The van der Waals surface area contributed by atoms with E-state index in [0.717, 1.165) is 0 Å². The lowest BCUT2D eigenvalue weighted by molar-refractivity contribution is 0.216. The maximum absolute atomic E-state index is 12.9. The topological polar surface area (TPSA) is 49.9 Å². The predicted molar refractivity (Wildman–Crippen MR) is 87.6 cm³/mol. The summed E-state index contributed by atoms with van der Waals surface area (Å²) in [5.41, 5.74) is 0. The third-order valence-corrected chi connectivity index (χ3v) is 6.33. The van der Waals surface area contributed by atoms with Crippen molar-refractivity contribution in [3.8, 4) is 5.75 Å². The van der Waals surface area contributed by atoms with Crippen LogP contribution in [0.5, 0.6) is 5.75 Å². The number of ether oxygens (including phenoxy) is 1. The molecule has 2 rings (SSSR count). The third-order valence-electron chi connectivity index (χ3n) is 4.50. The smallest absolute Gasteiger partial charge is 0.243 e. The fraction of sp³-hybridized carbons (Fsp3) is 0.625. The molecule has 0 aromatic heterocycles. The molecule has 0 radical (unpaired) electrons. The lowest BCUT2D eigenvalue weighted by Gasteiger charge is -2.27. The molecule has 1 aromatic rings. The van der Waals surface area contributed by atoms with Gasteiger partial charge >= 0.3 is 0 Å². The van der Waals surface area contributed by atoms with Crippen LogP contribution in [0.15, 0.2) is 29.2 Å². The fourth-order valence-electron chi connectivity index (χ4n) is 3.08. The molecule has 0 unspecified atom stereocenters. The van der Waals surface area contributed by atoms with Gasteiger partial charge in [0.1, 0.15) is 5.75 Å². The van der Waals surface area contributed by atoms with Crippen molar-refractivity contribution in [2.24, 2.45) is 11.8 Å². The minimum Gasteiger partial charge on any atom is -0.497 e. The zero-order chi connectivity index (χ0) is 16.5. The highest BCUT2D eigenvalue weighted by atomic mass is 32.2. The van der Waals surface area contributed by atoms with Gasteiger partial charge < -0.3 is 9.64 Å². The van der Waals surface area contributed by atoms with Crippen molar-refractivity contribution in [2.45, 2.75) is 24.8 Å². The van der Waals surface area contributed by atoms with E-state index in [9.17, 15) is 8.42 Å². The summed E-state index contributed by atoms with van der Waals surface area (Å²) < 4.78 is 32.5. The van der Waals surface area contributed by atoms with Crippen molar-refractivity contribution in [2.75, 3.05) is 34.3 Å². The van der Waals surface area contributed by atoms with Gasteiger partial charge in [-0.1, -0.05) is 19.9 Å². The van der Waals surface area contributed by atoms with Crippen molar-refractivity contribution >= 4 is 10.0 Å². The first kappa shape index (κ1) is 17.2.